The standard InChI is InChI=1S/C12H16N2O2/c1-9(15)5-6-14-12-7-11(16-2)4-3-10(12)8-13/h3-4,7,9,14-15H,5-6H2,1-2H3. The Morgan fingerprint density at radius 1 is 1.56 bits per heavy atom. The van der Waals surface area contributed by atoms with Crippen molar-refractivity contribution < 1.29 is 9.84 Å². The Morgan fingerprint density at radius 3 is 2.88 bits per heavy atom. The second-order valence-corrected chi connectivity index (χ2v) is 3.59. The first-order valence-electron chi connectivity index (χ1n) is 5.17. The van der Waals surface area contributed by atoms with Gasteiger partial charge in [-0.25, -0.2) is 0 Å². The summed E-state index contributed by atoms with van der Waals surface area (Å²) < 4.78 is 5.08. The molecule has 0 heterocycles. The number of anilines is 1. The number of ether oxygens (including phenoxy) is 1. The fraction of sp³-hybridized carbons (Fsp3) is 0.417. The summed E-state index contributed by atoms with van der Waals surface area (Å²) in [6.45, 7) is 2.36. The van der Waals surface area contributed by atoms with Crippen molar-refractivity contribution in [2.24, 2.45) is 0 Å². The molecule has 4 nitrogen and oxygen atoms in total. The zero-order chi connectivity index (χ0) is 12.0. The Bertz CT molecular complexity index is 383. The van der Waals surface area contributed by atoms with Gasteiger partial charge in [-0.1, -0.05) is 0 Å². The third kappa shape index (κ3) is 3.44. The van der Waals surface area contributed by atoms with Gasteiger partial charge in [0.05, 0.1) is 24.5 Å². The van der Waals surface area contributed by atoms with Crippen LogP contribution in [-0.4, -0.2) is 24.9 Å². The molecule has 0 saturated carbocycles. The van der Waals surface area contributed by atoms with Crippen LogP contribution in [-0.2, 0) is 0 Å². The fourth-order valence-corrected chi connectivity index (χ4v) is 1.31. The highest BCUT2D eigenvalue weighted by Crippen LogP contribution is 2.21. The first-order valence-corrected chi connectivity index (χ1v) is 5.17. The number of aliphatic hydroxyl groups is 1. The minimum Gasteiger partial charge on any atom is -0.497 e. The first kappa shape index (κ1) is 12.3. The average molecular weight is 220 g/mol. The molecule has 0 saturated heterocycles. The van der Waals surface area contributed by atoms with Crippen LogP contribution in [0.4, 0.5) is 5.69 Å². The van der Waals surface area contributed by atoms with Gasteiger partial charge in [0.1, 0.15) is 11.8 Å². The predicted molar refractivity (Wildman–Crippen MR) is 62.5 cm³/mol. The van der Waals surface area contributed by atoms with Crippen molar-refractivity contribution in [2.45, 2.75) is 19.4 Å². The summed E-state index contributed by atoms with van der Waals surface area (Å²) in [4.78, 5) is 0. The zero-order valence-electron chi connectivity index (χ0n) is 9.53. The summed E-state index contributed by atoms with van der Waals surface area (Å²) in [5.41, 5.74) is 1.31. The van der Waals surface area contributed by atoms with Gasteiger partial charge in [0, 0.05) is 12.6 Å². The van der Waals surface area contributed by atoms with Crippen molar-refractivity contribution in [3.8, 4) is 11.8 Å². The Morgan fingerprint density at radius 2 is 2.31 bits per heavy atom. The molecule has 86 valence electrons. The van der Waals surface area contributed by atoms with E-state index in [-0.39, 0.29) is 6.10 Å². The molecule has 0 radical (unpaired) electrons. The molecule has 0 amide bonds. The fourth-order valence-electron chi connectivity index (χ4n) is 1.31. The quantitative estimate of drug-likeness (QED) is 0.793. The van der Waals surface area contributed by atoms with E-state index in [0.29, 0.717) is 24.3 Å². The highest BCUT2D eigenvalue weighted by Gasteiger charge is 2.04. The largest absolute Gasteiger partial charge is 0.497 e. The second-order valence-electron chi connectivity index (χ2n) is 3.59. The number of nitriles is 1. The Kier molecular flexibility index (Phi) is 4.62. The van der Waals surface area contributed by atoms with E-state index >= 15 is 0 Å². The van der Waals surface area contributed by atoms with E-state index in [2.05, 4.69) is 11.4 Å². The maximum absolute atomic E-state index is 9.13. The van der Waals surface area contributed by atoms with Crippen LogP contribution in [0.1, 0.15) is 18.9 Å². The molecule has 1 atom stereocenters. The average Bonchev–Trinajstić information content (AvgIpc) is 2.28. The van der Waals surface area contributed by atoms with Crippen LogP contribution in [0.5, 0.6) is 5.75 Å². The number of benzene rings is 1. The molecule has 0 fully saturated rings. The lowest BCUT2D eigenvalue weighted by molar-refractivity contribution is 0.189. The van der Waals surface area contributed by atoms with Gasteiger partial charge in [0.25, 0.3) is 0 Å². The van der Waals surface area contributed by atoms with Crippen molar-refractivity contribution in [1.82, 2.24) is 0 Å². The SMILES string of the molecule is COc1ccc(C#N)c(NCCC(C)O)c1. The number of hydrogen-bond donors (Lipinski definition) is 2. The van der Waals surface area contributed by atoms with Crippen LogP contribution in [0.25, 0.3) is 0 Å². The third-order valence-corrected chi connectivity index (χ3v) is 2.22. The number of hydrogen-bond acceptors (Lipinski definition) is 4. The Hall–Kier alpha value is -1.73. The summed E-state index contributed by atoms with van der Waals surface area (Å²) in [5, 5.41) is 21.1. The number of nitrogens with one attached hydrogen (secondary N) is 1. The molecule has 2 N–H and O–H groups in total. The van der Waals surface area contributed by atoms with Gasteiger partial charge in [0.15, 0.2) is 0 Å². The molecule has 0 aromatic heterocycles. The normalized spacial score (nSPS) is 11.6. The lowest BCUT2D eigenvalue weighted by Crippen LogP contribution is -2.10. The molecule has 0 aliphatic heterocycles. The van der Waals surface area contributed by atoms with Crippen LogP contribution in [0.2, 0.25) is 0 Å². The summed E-state index contributed by atoms with van der Waals surface area (Å²) in [6.07, 6.45) is 0.297. The van der Waals surface area contributed by atoms with E-state index in [9.17, 15) is 0 Å². The van der Waals surface area contributed by atoms with Crippen LogP contribution >= 0.6 is 0 Å². The predicted octanol–water partition coefficient (Wildman–Crippen LogP) is 1.75. The van der Waals surface area contributed by atoms with Gasteiger partial charge >= 0.3 is 0 Å². The van der Waals surface area contributed by atoms with E-state index in [1.54, 1.807) is 32.2 Å². The maximum Gasteiger partial charge on any atom is 0.121 e. The topological polar surface area (TPSA) is 65.3 Å². The monoisotopic (exact) mass is 220 g/mol. The zero-order valence-corrected chi connectivity index (χ0v) is 9.53. The lowest BCUT2D eigenvalue weighted by Gasteiger charge is -2.10. The van der Waals surface area contributed by atoms with Crippen LogP contribution in [0.3, 0.4) is 0 Å². The van der Waals surface area contributed by atoms with Gasteiger partial charge in [-0.05, 0) is 25.5 Å². The number of methoxy groups -OCH3 is 1. The molecule has 1 unspecified atom stereocenters. The van der Waals surface area contributed by atoms with E-state index in [1.165, 1.54) is 0 Å². The third-order valence-electron chi connectivity index (χ3n) is 2.22. The molecular weight excluding hydrogens is 204 g/mol. The molecule has 4 heteroatoms. The minimum atomic E-state index is -0.344. The summed E-state index contributed by atoms with van der Waals surface area (Å²) in [6, 6.07) is 7.34. The maximum atomic E-state index is 9.13. The molecule has 0 bridgehead atoms. The summed E-state index contributed by atoms with van der Waals surface area (Å²) in [7, 11) is 1.58. The Balaban J connectivity index is 2.72. The number of nitrogens with zero attached hydrogens (tertiary/aromatic N) is 1. The van der Waals surface area contributed by atoms with E-state index in [1.807, 2.05) is 0 Å². The van der Waals surface area contributed by atoms with Gasteiger partial charge in [0.2, 0.25) is 0 Å². The minimum absolute atomic E-state index is 0.344. The van der Waals surface area contributed by atoms with Crippen LogP contribution in [0.15, 0.2) is 18.2 Å². The van der Waals surface area contributed by atoms with Gasteiger partial charge in [-0.2, -0.15) is 5.26 Å². The highest BCUT2D eigenvalue weighted by molar-refractivity contribution is 5.60. The van der Waals surface area contributed by atoms with E-state index < -0.39 is 0 Å². The Labute approximate surface area is 95.5 Å². The first-order chi connectivity index (χ1) is 7.67. The van der Waals surface area contributed by atoms with Crippen molar-refractivity contribution in [3.63, 3.8) is 0 Å². The summed E-state index contributed by atoms with van der Waals surface area (Å²) >= 11 is 0. The number of rotatable bonds is 5. The lowest BCUT2D eigenvalue weighted by atomic mass is 10.1. The van der Waals surface area contributed by atoms with Crippen molar-refractivity contribution >= 4 is 5.69 Å². The highest BCUT2D eigenvalue weighted by atomic mass is 16.5. The van der Waals surface area contributed by atoms with E-state index in [0.717, 1.165) is 5.69 Å². The molecule has 0 spiro atoms. The molecule has 1 rings (SSSR count). The smallest absolute Gasteiger partial charge is 0.121 e. The van der Waals surface area contributed by atoms with Crippen molar-refractivity contribution in [1.29, 1.82) is 5.26 Å². The molecule has 1 aromatic carbocycles. The van der Waals surface area contributed by atoms with E-state index in [4.69, 9.17) is 15.1 Å². The van der Waals surface area contributed by atoms with Crippen LogP contribution < -0.4 is 10.1 Å². The molecule has 0 aliphatic carbocycles. The molecule has 1 aromatic rings. The van der Waals surface area contributed by atoms with Gasteiger partial charge in [-0.15, -0.1) is 0 Å². The van der Waals surface area contributed by atoms with Gasteiger partial charge in [-0.3, -0.25) is 0 Å². The summed E-state index contributed by atoms with van der Waals surface area (Å²) in [5.74, 6) is 0.707. The molecule has 16 heavy (non-hydrogen) atoms. The number of aliphatic hydroxyl groups excluding tert-OH is 1. The van der Waals surface area contributed by atoms with Crippen molar-refractivity contribution in [3.05, 3.63) is 23.8 Å². The molecular formula is C12H16N2O2. The van der Waals surface area contributed by atoms with Crippen LogP contribution in [0, 0.1) is 11.3 Å². The van der Waals surface area contributed by atoms with Crippen molar-refractivity contribution in [2.75, 3.05) is 19.0 Å². The van der Waals surface area contributed by atoms with Gasteiger partial charge < -0.3 is 15.2 Å². The molecule has 0 aliphatic rings. The second kappa shape index (κ2) is 5.99.